The van der Waals surface area contributed by atoms with Crippen LogP contribution in [0.1, 0.15) is 47.2 Å². The Bertz CT molecular complexity index is 1080. The van der Waals surface area contributed by atoms with E-state index in [2.05, 4.69) is 0 Å². The van der Waals surface area contributed by atoms with E-state index < -0.39 is 6.09 Å². The van der Waals surface area contributed by atoms with Gasteiger partial charge in [-0.3, -0.25) is 4.79 Å². The third kappa shape index (κ3) is 6.03. The number of hydrogen-bond donors (Lipinski definition) is 1. The van der Waals surface area contributed by atoms with Crippen LogP contribution in [0.25, 0.3) is 0 Å². The highest BCUT2D eigenvalue weighted by molar-refractivity contribution is 7.99. The van der Waals surface area contributed by atoms with Gasteiger partial charge in [0.1, 0.15) is 17.1 Å². The van der Waals surface area contributed by atoms with Crippen molar-refractivity contribution >= 4 is 47.3 Å². The summed E-state index contributed by atoms with van der Waals surface area (Å²) >= 11 is 13.9. The SMILES string of the molecule is CC(C)c1nc(COC(N)=O)n(Cc2ccc(C=O)cc2)c1Sc1cc(Cl)cc(Cl)c1. The van der Waals surface area contributed by atoms with Crippen LogP contribution in [0.15, 0.2) is 52.4 Å². The Hall–Kier alpha value is -2.48. The number of nitrogens with zero attached hydrogens (tertiary/aromatic N) is 2. The molecular formula is C22H21Cl2N3O3S. The van der Waals surface area contributed by atoms with Crippen LogP contribution in [-0.2, 0) is 17.9 Å². The number of rotatable bonds is 8. The molecule has 1 aromatic heterocycles. The van der Waals surface area contributed by atoms with Crippen LogP contribution >= 0.6 is 35.0 Å². The lowest BCUT2D eigenvalue weighted by molar-refractivity contribution is 0.112. The van der Waals surface area contributed by atoms with Gasteiger partial charge in [0, 0.05) is 27.0 Å². The van der Waals surface area contributed by atoms with Gasteiger partial charge in [0.25, 0.3) is 0 Å². The van der Waals surface area contributed by atoms with E-state index in [1.54, 1.807) is 18.2 Å². The number of carbonyl (C=O) groups excluding carboxylic acids is 2. The summed E-state index contributed by atoms with van der Waals surface area (Å²) in [6.07, 6.45) is -0.0689. The molecule has 9 heteroatoms. The number of aldehydes is 1. The van der Waals surface area contributed by atoms with Gasteiger partial charge in [-0.25, -0.2) is 9.78 Å². The van der Waals surface area contributed by atoms with Gasteiger partial charge in [-0.1, -0.05) is 73.1 Å². The summed E-state index contributed by atoms with van der Waals surface area (Å²) in [5.74, 6) is 0.681. The molecule has 2 aromatic carbocycles. The van der Waals surface area contributed by atoms with Crippen molar-refractivity contribution in [2.24, 2.45) is 5.73 Å². The van der Waals surface area contributed by atoms with Gasteiger partial charge in [0.15, 0.2) is 6.61 Å². The number of imidazole rings is 1. The first-order chi connectivity index (χ1) is 14.8. The molecule has 6 nitrogen and oxygen atoms in total. The molecule has 0 radical (unpaired) electrons. The molecule has 0 aliphatic carbocycles. The minimum absolute atomic E-state index is 0.0572. The summed E-state index contributed by atoms with van der Waals surface area (Å²) in [5.41, 5.74) is 7.58. The van der Waals surface area contributed by atoms with Crippen LogP contribution in [-0.4, -0.2) is 21.9 Å². The number of carbonyl (C=O) groups is 2. The first-order valence-electron chi connectivity index (χ1n) is 9.46. The molecule has 3 rings (SSSR count). The fraction of sp³-hybridized carbons (Fsp3) is 0.227. The van der Waals surface area contributed by atoms with Crippen molar-refractivity contribution in [3.8, 4) is 0 Å². The Kier molecular flexibility index (Phi) is 7.64. The molecule has 31 heavy (non-hydrogen) atoms. The molecule has 0 saturated carbocycles. The summed E-state index contributed by atoms with van der Waals surface area (Å²) in [6.45, 7) is 4.49. The zero-order chi connectivity index (χ0) is 22.5. The minimum Gasteiger partial charge on any atom is -0.442 e. The number of benzene rings is 2. The van der Waals surface area contributed by atoms with Gasteiger partial charge in [-0.2, -0.15) is 0 Å². The number of amides is 1. The maximum Gasteiger partial charge on any atom is 0.404 e. The first-order valence-corrected chi connectivity index (χ1v) is 11.0. The number of ether oxygens (including phenoxy) is 1. The monoisotopic (exact) mass is 477 g/mol. The third-order valence-electron chi connectivity index (χ3n) is 4.42. The molecule has 0 aliphatic rings. The minimum atomic E-state index is -0.869. The normalized spacial score (nSPS) is 11.0. The van der Waals surface area contributed by atoms with Crippen LogP contribution in [0.4, 0.5) is 4.79 Å². The average Bonchev–Trinajstić information content (AvgIpc) is 3.03. The Morgan fingerprint density at radius 3 is 2.39 bits per heavy atom. The second kappa shape index (κ2) is 10.2. The Labute approximate surface area is 194 Å². The summed E-state index contributed by atoms with van der Waals surface area (Å²) < 4.78 is 7.02. The number of nitrogens with two attached hydrogens (primary N) is 1. The topological polar surface area (TPSA) is 87.2 Å². The van der Waals surface area contributed by atoms with E-state index in [9.17, 15) is 9.59 Å². The van der Waals surface area contributed by atoms with Crippen LogP contribution < -0.4 is 5.73 Å². The van der Waals surface area contributed by atoms with Gasteiger partial charge in [-0.15, -0.1) is 0 Å². The molecule has 0 unspecified atom stereocenters. The molecule has 0 aliphatic heterocycles. The van der Waals surface area contributed by atoms with Gasteiger partial charge in [0.05, 0.1) is 5.69 Å². The lowest BCUT2D eigenvalue weighted by Gasteiger charge is -2.14. The fourth-order valence-corrected chi connectivity index (χ4v) is 4.89. The molecule has 2 N–H and O–H groups in total. The Balaban J connectivity index is 2.07. The molecule has 0 bridgehead atoms. The number of halogens is 2. The van der Waals surface area contributed by atoms with E-state index in [4.69, 9.17) is 38.7 Å². The lowest BCUT2D eigenvalue weighted by atomic mass is 10.1. The highest BCUT2D eigenvalue weighted by atomic mass is 35.5. The van der Waals surface area contributed by atoms with Crippen LogP contribution in [0.2, 0.25) is 10.0 Å². The van der Waals surface area contributed by atoms with E-state index in [1.165, 1.54) is 11.8 Å². The van der Waals surface area contributed by atoms with Crippen molar-refractivity contribution in [2.45, 2.75) is 42.8 Å². The van der Waals surface area contributed by atoms with Gasteiger partial charge in [0.2, 0.25) is 0 Å². The first kappa shape index (κ1) is 23.2. The van der Waals surface area contributed by atoms with Crippen molar-refractivity contribution in [3.05, 3.63) is 75.2 Å². The molecule has 0 atom stereocenters. The highest BCUT2D eigenvalue weighted by Gasteiger charge is 2.22. The van der Waals surface area contributed by atoms with E-state index in [1.807, 2.05) is 42.7 Å². The maximum atomic E-state index is 11.2. The third-order valence-corrected chi connectivity index (χ3v) is 5.95. The van der Waals surface area contributed by atoms with Crippen LogP contribution in [0.3, 0.4) is 0 Å². The predicted molar refractivity (Wildman–Crippen MR) is 122 cm³/mol. The zero-order valence-electron chi connectivity index (χ0n) is 17.0. The average molecular weight is 478 g/mol. The lowest BCUT2D eigenvalue weighted by Crippen LogP contribution is -2.15. The van der Waals surface area contributed by atoms with Crippen molar-refractivity contribution in [1.29, 1.82) is 0 Å². The van der Waals surface area contributed by atoms with E-state index in [0.29, 0.717) is 28.0 Å². The van der Waals surface area contributed by atoms with E-state index in [-0.39, 0.29) is 12.5 Å². The molecule has 0 fully saturated rings. The Morgan fingerprint density at radius 1 is 1.19 bits per heavy atom. The van der Waals surface area contributed by atoms with E-state index in [0.717, 1.165) is 27.5 Å². The van der Waals surface area contributed by atoms with Crippen molar-refractivity contribution < 1.29 is 14.3 Å². The number of hydrogen-bond acceptors (Lipinski definition) is 5. The Morgan fingerprint density at radius 2 is 1.84 bits per heavy atom. The summed E-state index contributed by atoms with van der Waals surface area (Å²) in [4.78, 5) is 27.8. The second-order valence-corrected chi connectivity index (χ2v) is 9.07. The molecule has 162 valence electrons. The van der Waals surface area contributed by atoms with Crippen LogP contribution in [0, 0.1) is 0 Å². The molecule has 0 spiro atoms. The summed E-state index contributed by atoms with van der Waals surface area (Å²) in [7, 11) is 0. The molecule has 1 amide bonds. The fourth-order valence-electron chi connectivity index (χ4n) is 2.98. The highest BCUT2D eigenvalue weighted by Crippen LogP contribution is 2.37. The van der Waals surface area contributed by atoms with Gasteiger partial charge >= 0.3 is 6.09 Å². The smallest absolute Gasteiger partial charge is 0.404 e. The largest absolute Gasteiger partial charge is 0.442 e. The zero-order valence-corrected chi connectivity index (χ0v) is 19.3. The van der Waals surface area contributed by atoms with E-state index >= 15 is 0 Å². The predicted octanol–water partition coefficient (Wildman–Crippen LogP) is 5.92. The number of aromatic nitrogens is 2. The molecule has 0 saturated heterocycles. The molecule has 1 heterocycles. The van der Waals surface area contributed by atoms with Gasteiger partial charge in [-0.05, 0) is 29.7 Å². The maximum absolute atomic E-state index is 11.2. The summed E-state index contributed by atoms with van der Waals surface area (Å²) in [6, 6.07) is 12.6. The van der Waals surface area contributed by atoms with Crippen molar-refractivity contribution in [2.75, 3.05) is 0 Å². The van der Waals surface area contributed by atoms with Crippen molar-refractivity contribution in [1.82, 2.24) is 9.55 Å². The molecular weight excluding hydrogens is 457 g/mol. The quantitative estimate of drug-likeness (QED) is 0.406. The standard InChI is InChI=1S/C22H21Cl2N3O3S/c1-13(2)20-21(31-18-8-16(23)7-17(24)9-18)27(19(26-20)12-30-22(25)29)10-14-3-5-15(11-28)6-4-14/h3-9,11,13H,10,12H2,1-2H3,(H2,25,29). The number of primary amides is 1. The van der Waals surface area contributed by atoms with Crippen LogP contribution in [0.5, 0.6) is 0 Å². The van der Waals surface area contributed by atoms with Gasteiger partial charge < -0.3 is 15.0 Å². The van der Waals surface area contributed by atoms with Crippen molar-refractivity contribution in [3.63, 3.8) is 0 Å². The summed E-state index contributed by atoms with van der Waals surface area (Å²) in [5, 5.41) is 1.96. The second-order valence-electron chi connectivity index (χ2n) is 7.13. The molecule has 3 aromatic rings.